The number of amides is 1. The molecule has 0 spiro atoms. The SMILES string of the molecule is CC1=NNC(=O)C1=NOC(C)C. The first-order valence-corrected chi connectivity index (χ1v) is 3.70. The Bertz CT molecular complexity index is 255. The van der Waals surface area contributed by atoms with E-state index in [0.29, 0.717) is 5.71 Å². The van der Waals surface area contributed by atoms with E-state index < -0.39 is 0 Å². The van der Waals surface area contributed by atoms with Crippen molar-refractivity contribution in [3.8, 4) is 0 Å². The molecule has 1 aliphatic rings. The van der Waals surface area contributed by atoms with E-state index in [9.17, 15) is 4.79 Å². The normalized spacial score (nSPS) is 19.8. The van der Waals surface area contributed by atoms with E-state index in [1.807, 2.05) is 13.8 Å². The van der Waals surface area contributed by atoms with Crippen molar-refractivity contribution >= 4 is 17.3 Å². The number of hydrogen-bond donors (Lipinski definition) is 1. The Hall–Kier alpha value is -1.39. The van der Waals surface area contributed by atoms with Gasteiger partial charge < -0.3 is 4.84 Å². The van der Waals surface area contributed by atoms with E-state index in [1.54, 1.807) is 6.92 Å². The molecule has 12 heavy (non-hydrogen) atoms. The summed E-state index contributed by atoms with van der Waals surface area (Å²) in [6.45, 7) is 5.37. The van der Waals surface area contributed by atoms with Gasteiger partial charge in [-0.15, -0.1) is 0 Å². The van der Waals surface area contributed by atoms with Gasteiger partial charge >= 0.3 is 0 Å². The average Bonchev–Trinajstić information content (AvgIpc) is 2.28. The van der Waals surface area contributed by atoms with Gasteiger partial charge in [-0.2, -0.15) is 5.10 Å². The van der Waals surface area contributed by atoms with Crippen LogP contribution in [0.15, 0.2) is 10.3 Å². The maximum atomic E-state index is 11.0. The van der Waals surface area contributed by atoms with Crippen molar-refractivity contribution in [2.24, 2.45) is 10.3 Å². The molecule has 5 heteroatoms. The summed E-state index contributed by atoms with van der Waals surface area (Å²) in [4.78, 5) is 15.9. The fourth-order valence-electron chi connectivity index (χ4n) is 0.670. The second-order valence-electron chi connectivity index (χ2n) is 2.73. The molecule has 1 rings (SSSR count). The summed E-state index contributed by atoms with van der Waals surface area (Å²) < 4.78 is 0. The van der Waals surface area contributed by atoms with Crippen LogP contribution >= 0.6 is 0 Å². The van der Waals surface area contributed by atoms with Crippen LogP contribution in [0.3, 0.4) is 0 Å². The highest BCUT2D eigenvalue weighted by molar-refractivity contribution is 6.68. The van der Waals surface area contributed by atoms with Crippen molar-refractivity contribution in [2.45, 2.75) is 26.9 Å². The highest BCUT2D eigenvalue weighted by Gasteiger charge is 2.21. The van der Waals surface area contributed by atoms with E-state index >= 15 is 0 Å². The fourth-order valence-corrected chi connectivity index (χ4v) is 0.670. The van der Waals surface area contributed by atoms with E-state index in [2.05, 4.69) is 15.7 Å². The number of rotatable bonds is 2. The van der Waals surface area contributed by atoms with Gasteiger partial charge in [0.2, 0.25) is 0 Å². The molecule has 1 aliphatic heterocycles. The van der Waals surface area contributed by atoms with Crippen LogP contribution in [0.5, 0.6) is 0 Å². The molecule has 0 fully saturated rings. The molecule has 0 saturated heterocycles. The minimum atomic E-state index is -0.312. The molecule has 0 aromatic heterocycles. The zero-order valence-electron chi connectivity index (χ0n) is 7.29. The van der Waals surface area contributed by atoms with Gasteiger partial charge in [-0.05, 0) is 20.8 Å². The van der Waals surface area contributed by atoms with Crippen LogP contribution in [0, 0.1) is 0 Å². The number of hydrogen-bond acceptors (Lipinski definition) is 4. The molecule has 1 amide bonds. The topological polar surface area (TPSA) is 63.0 Å². The van der Waals surface area contributed by atoms with Crippen LogP contribution in [0.4, 0.5) is 0 Å². The van der Waals surface area contributed by atoms with Crippen molar-refractivity contribution in [2.75, 3.05) is 0 Å². The van der Waals surface area contributed by atoms with Crippen molar-refractivity contribution in [1.82, 2.24) is 5.43 Å². The zero-order chi connectivity index (χ0) is 9.14. The van der Waals surface area contributed by atoms with Crippen molar-refractivity contribution in [3.05, 3.63) is 0 Å². The van der Waals surface area contributed by atoms with Gasteiger partial charge in [-0.25, -0.2) is 5.43 Å². The standard InChI is InChI=1S/C7H11N3O2/c1-4(2)12-10-6-5(3)8-9-7(6)11/h4H,1-3H3,(H,9,10,11). The lowest BCUT2D eigenvalue weighted by molar-refractivity contribution is -0.114. The van der Waals surface area contributed by atoms with Gasteiger partial charge in [-0.3, -0.25) is 4.79 Å². The van der Waals surface area contributed by atoms with Crippen molar-refractivity contribution in [1.29, 1.82) is 0 Å². The Labute approximate surface area is 70.5 Å². The Balaban J connectivity index is 2.67. The number of carbonyl (C=O) groups is 1. The number of hydrazone groups is 1. The summed E-state index contributed by atoms with van der Waals surface area (Å²) in [7, 11) is 0. The summed E-state index contributed by atoms with van der Waals surface area (Å²) in [5.41, 5.74) is 3.09. The van der Waals surface area contributed by atoms with Crippen LogP contribution in [0.25, 0.3) is 0 Å². The average molecular weight is 169 g/mol. The molecule has 0 aliphatic carbocycles. The van der Waals surface area contributed by atoms with E-state index in [0.717, 1.165) is 0 Å². The second-order valence-corrected chi connectivity index (χ2v) is 2.73. The molecule has 5 nitrogen and oxygen atoms in total. The van der Waals surface area contributed by atoms with Crippen molar-refractivity contribution < 1.29 is 9.63 Å². The number of nitrogens with one attached hydrogen (secondary N) is 1. The summed E-state index contributed by atoms with van der Waals surface area (Å²) in [6, 6.07) is 0. The predicted octanol–water partition coefficient (Wildman–Crippen LogP) is 0.273. The Morgan fingerprint density at radius 1 is 1.58 bits per heavy atom. The lowest BCUT2D eigenvalue weighted by Gasteiger charge is -2.01. The first kappa shape index (κ1) is 8.70. The van der Waals surface area contributed by atoms with E-state index in [1.165, 1.54) is 0 Å². The van der Waals surface area contributed by atoms with Crippen LogP contribution < -0.4 is 5.43 Å². The first-order chi connectivity index (χ1) is 5.61. The lowest BCUT2D eigenvalue weighted by Crippen LogP contribution is -2.22. The molecule has 0 bridgehead atoms. The number of carbonyl (C=O) groups excluding carboxylic acids is 1. The molecule has 0 atom stereocenters. The monoisotopic (exact) mass is 169 g/mol. The third kappa shape index (κ3) is 1.81. The van der Waals surface area contributed by atoms with Crippen LogP contribution in [-0.2, 0) is 9.63 Å². The second kappa shape index (κ2) is 3.34. The molecule has 1 N–H and O–H groups in total. The summed E-state index contributed by atoms with van der Waals surface area (Å²) >= 11 is 0. The molecule has 0 unspecified atom stereocenters. The Kier molecular flexibility index (Phi) is 2.42. The van der Waals surface area contributed by atoms with Gasteiger partial charge in [0.05, 0.1) is 5.71 Å². The highest BCUT2D eigenvalue weighted by Crippen LogP contribution is 1.96. The van der Waals surface area contributed by atoms with Crippen LogP contribution in [0.1, 0.15) is 20.8 Å². The third-order valence-corrected chi connectivity index (χ3v) is 1.24. The zero-order valence-corrected chi connectivity index (χ0v) is 7.29. The minimum absolute atomic E-state index is 0.0290. The molecule has 0 aromatic carbocycles. The maximum Gasteiger partial charge on any atom is 0.295 e. The minimum Gasteiger partial charge on any atom is -0.392 e. The van der Waals surface area contributed by atoms with Gasteiger partial charge in [-0.1, -0.05) is 5.16 Å². The third-order valence-electron chi connectivity index (χ3n) is 1.24. The Morgan fingerprint density at radius 3 is 2.67 bits per heavy atom. The molecule has 0 saturated carbocycles. The van der Waals surface area contributed by atoms with Crippen LogP contribution in [-0.4, -0.2) is 23.4 Å². The summed E-state index contributed by atoms with van der Waals surface area (Å²) in [5.74, 6) is -0.312. The van der Waals surface area contributed by atoms with Gasteiger partial charge in [0.15, 0.2) is 5.71 Å². The molecule has 0 radical (unpaired) electrons. The summed E-state index contributed by atoms with van der Waals surface area (Å²) in [6.07, 6.45) is -0.0290. The molecule has 1 heterocycles. The quantitative estimate of drug-likeness (QED) is 0.603. The number of oxime groups is 1. The maximum absolute atomic E-state index is 11.0. The van der Waals surface area contributed by atoms with Crippen LogP contribution in [0.2, 0.25) is 0 Å². The van der Waals surface area contributed by atoms with Gasteiger partial charge in [0, 0.05) is 0 Å². The molecular weight excluding hydrogens is 158 g/mol. The molecule has 66 valence electrons. The smallest absolute Gasteiger partial charge is 0.295 e. The summed E-state index contributed by atoms with van der Waals surface area (Å²) in [5, 5.41) is 7.34. The van der Waals surface area contributed by atoms with Gasteiger partial charge in [0.25, 0.3) is 5.91 Å². The van der Waals surface area contributed by atoms with E-state index in [4.69, 9.17) is 4.84 Å². The largest absolute Gasteiger partial charge is 0.392 e. The molecular formula is C7H11N3O2. The predicted molar refractivity (Wildman–Crippen MR) is 44.9 cm³/mol. The Morgan fingerprint density at radius 2 is 2.25 bits per heavy atom. The number of nitrogens with zero attached hydrogens (tertiary/aromatic N) is 2. The van der Waals surface area contributed by atoms with Crippen molar-refractivity contribution in [3.63, 3.8) is 0 Å². The van der Waals surface area contributed by atoms with Gasteiger partial charge in [0.1, 0.15) is 6.10 Å². The fraction of sp³-hybridized carbons (Fsp3) is 0.571. The molecule has 0 aromatic rings. The van der Waals surface area contributed by atoms with E-state index in [-0.39, 0.29) is 17.7 Å². The first-order valence-electron chi connectivity index (χ1n) is 3.70. The highest BCUT2D eigenvalue weighted by atomic mass is 16.6. The lowest BCUT2D eigenvalue weighted by atomic mass is 10.3.